The highest BCUT2D eigenvalue weighted by atomic mass is 16.1. The van der Waals surface area contributed by atoms with Crippen LogP contribution in [0, 0.1) is 0 Å². The molecule has 0 saturated carbocycles. The first-order valence-corrected chi connectivity index (χ1v) is 3.99. The smallest absolute Gasteiger partial charge is 0.157 e. The highest BCUT2D eigenvalue weighted by Crippen LogP contribution is 2.13. The van der Waals surface area contributed by atoms with E-state index in [1.54, 1.807) is 36.6 Å². The number of nitrogens with zero attached hydrogens (tertiary/aromatic N) is 2. The zero-order chi connectivity index (χ0) is 9.84. The van der Waals surface area contributed by atoms with Crippen LogP contribution in [0.3, 0.4) is 0 Å². The van der Waals surface area contributed by atoms with Gasteiger partial charge < -0.3 is 4.90 Å². The number of rotatable bonds is 2. The van der Waals surface area contributed by atoms with Gasteiger partial charge in [0.15, 0.2) is 5.78 Å². The van der Waals surface area contributed by atoms with Crippen LogP contribution < -0.4 is 0 Å². The van der Waals surface area contributed by atoms with Gasteiger partial charge in [-0.1, -0.05) is 6.58 Å². The lowest BCUT2D eigenvalue weighted by molar-refractivity contribution is -0.113. The van der Waals surface area contributed by atoms with Crippen LogP contribution in [0.4, 0.5) is 0 Å². The molecule has 0 aliphatic carbocycles. The maximum absolute atomic E-state index is 11.1. The van der Waals surface area contributed by atoms with Crippen molar-refractivity contribution in [1.29, 1.82) is 0 Å². The maximum atomic E-state index is 11.1. The third kappa shape index (κ3) is 1.93. The number of Topliss-reactive ketones (excluding diaryl/α,β-unsaturated/α-hetero) is 1. The highest BCUT2D eigenvalue weighted by Gasteiger charge is 2.10. The fraction of sp³-hybridized carbons (Fsp3) is 0.200. The van der Waals surface area contributed by atoms with E-state index in [1.165, 1.54) is 6.92 Å². The molecule has 1 aliphatic heterocycles. The summed E-state index contributed by atoms with van der Waals surface area (Å²) in [6, 6.07) is 0. The van der Waals surface area contributed by atoms with Crippen molar-refractivity contribution in [3.8, 4) is 0 Å². The second-order valence-electron chi connectivity index (χ2n) is 2.73. The predicted octanol–water partition coefficient (Wildman–Crippen LogP) is 1.85. The molecule has 0 atom stereocenters. The van der Waals surface area contributed by atoms with Gasteiger partial charge in [-0.25, -0.2) is 0 Å². The molecule has 13 heavy (non-hydrogen) atoms. The molecule has 0 spiro atoms. The molecule has 0 aromatic carbocycles. The molecule has 0 amide bonds. The van der Waals surface area contributed by atoms with E-state index in [9.17, 15) is 4.79 Å². The largest absolute Gasteiger partial charge is 0.321 e. The molecule has 3 nitrogen and oxygen atoms in total. The molecule has 0 bridgehead atoms. The van der Waals surface area contributed by atoms with E-state index in [0.29, 0.717) is 5.57 Å². The van der Waals surface area contributed by atoms with Gasteiger partial charge in [-0.05, 0) is 13.8 Å². The average molecular weight is 176 g/mol. The fourth-order valence-electron chi connectivity index (χ4n) is 1.00. The van der Waals surface area contributed by atoms with Gasteiger partial charge in [0.05, 0.1) is 11.9 Å². The summed E-state index contributed by atoms with van der Waals surface area (Å²) in [6.45, 7) is 6.96. The molecule has 1 heterocycles. The SMILES string of the molecule is C=CN1C=CN=C/C1=C(/C)C(C)=O. The monoisotopic (exact) mass is 176 g/mol. The maximum Gasteiger partial charge on any atom is 0.157 e. The zero-order valence-electron chi connectivity index (χ0n) is 7.82. The predicted molar refractivity (Wildman–Crippen MR) is 53.0 cm³/mol. The molecular formula is C10H12N2O. The molecule has 0 radical (unpaired) electrons. The summed E-state index contributed by atoms with van der Waals surface area (Å²) in [5, 5.41) is 0. The first-order chi connectivity index (χ1) is 6.16. The van der Waals surface area contributed by atoms with Crippen LogP contribution in [-0.4, -0.2) is 16.9 Å². The molecule has 3 heteroatoms. The van der Waals surface area contributed by atoms with Crippen LogP contribution in [0.15, 0.2) is 41.4 Å². The Kier molecular flexibility index (Phi) is 2.80. The van der Waals surface area contributed by atoms with Crippen molar-refractivity contribution in [2.75, 3.05) is 0 Å². The Morgan fingerprint density at radius 1 is 1.62 bits per heavy atom. The molecule has 1 aliphatic rings. The number of carbonyl (C=O) groups excluding carboxylic acids is 1. The molecule has 68 valence electrons. The summed E-state index contributed by atoms with van der Waals surface area (Å²) in [5.74, 6) is 0.0450. The Balaban J connectivity index is 3.09. The van der Waals surface area contributed by atoms with Gasteiger partial charge in [-0.15, -0.1) is 0 Å². The topological polar surface area (TPSA) is 32.7 Å². The van der Waals surface area contributed by atoms with Crippen molar-refractivity contribution < 1.29 is 4.79 Å². The molecule has 0 N–H and O–H groups in total. The van der Waals surface area contributed by atoms with Crippen molar-refractivity contribution >= 4 is 12.0 Å². The summed E-state index contributed by atoms with van der Waals surface area (Å²) < 4.78 is 0. The number of hydrogen-bond donors (Lipinski definition) is 0. The molecule has 0 fully saturated rings. The first kappa shape index (κ1) is 9.45. The van der Waals surface area contributed by atoms with E-state index in [-0.39, 0.29) is 5.78 Å². The molecule has 0 aromatic heterocycles. The minimum absolute atomic E-state index is 0.0450. The van der Waals surface area contributed by atoms with E-state index >= 15 is 0 Å². The summed E-state index contributed by atoms with van der Waals surface area (Å²) in [6.07, 6.45) is 6.70. The minimum atomic E-state index is 0.0450. The summed E-state index contributed by atoms with van der Waals surface area (Å²) in [7, 11) is 0. The average Bonchev–Trinajstić information content (AvgIpc) is 2.16. The van der Waals surface area contributed by atoms with Gasteiger partial charge in [-0.3, -0.25) is 9.79 Å². The van der Waals surface area contributed by atoms with Crippen molar-refractivity contribution in [3.05, 3.63) is 36.4 Å². The molecule has 0 saturated heterocycles. The first-order valence-electron chi connectivity index (χ1n) is 3.99. The van der Waals surface area contributed by atoms with E-state index < -0.39 is 0 Å². The number of hydrogen-bond acceptors (Lipinski definition) is 3. The Labute approximate surface area is 77.8 Å². The second-order valence-corrected chi connectivity index (χ2v) is 2.73. The van der Waals surface area contributed by atoms with Crippen LogP contribution in [0.25, 0.3) is 0 Å². The Hall–Kier alpha value is -1.64. The third-order valence-corrected chi connectivity index (χ3v) is 1.90. The van der Waals surface area contributed by atoms with Crippen LogP contribution in [-0.2, 0) is 4.79 Å². The lowest BCUT2D eigenvalue weighted by Gasteiger charge is -2.19. The van der Waals surface area contributed by atoms with Gasteiger partial charge in [0.2, 0.25) is 0 Å². The number of carbonyl (C=O) groups is 1. The Morgan fingerprint density at radius 2 is 2.31 bits per heavy atom. The van der Waals surface area contributed by atoms with E-state index in [0.717, 1.165) is 5.70 Å². The fourth-order valence-corrected chi connectivity index (χ4v) is 1.00. The Bertz CT molecular complexity index is 324. The van der Waals surface area contributed by atoms with Crippen LogP contribution in [0.1, 0.15) is 13.8 Å². The number of ketones is 1. The molecular weight excluding hydrogens is 164 g/mol. The lowest BCUT2D eigenvalue weighted by atomic mass is 10.1. The molecule has 1 rings (SSSR count). The number of allylic oxidation sites excluding steroid dienone is 2. The van der Waals surface area contributed by atoms with Gasteiger partial charge >= 0.3 is 0 Å². The summed E-state index contributed by atoms with van der Waals surface area (Å²) in [5.41, 5.74) is 1.47. The van der Waals surface area contributed by atoms with Crippen molar-refractivity contribution in [2.24, 2.45) is 4.99 Å². The second kappa shape index (κ2) is 3.85. The molecule has 0 aromatic rings. The zero-order valence-corrected chi connectivity index (χ0v) is 7.82. The van der Waals surface area contributed by atoms with E-state index in [4.69, 9.17) is 0 Å². The summed E-state index contributed by atoms with van der Waals surface area (Å²) >= 11 is 0. The molecule has 0 unspecified atom stereocenters. The van der Waals surface area contributed by atoms with Gasteiger partial charge in [-0.2, -0.15) is 0 Å². The van der Waals surface area contributed by atoms with Gasteiger partial charge in [0.1, 0.15) is 0 Å². The lowest BCUT2D eigenvalue weighted by Crippen LogP contribution is -2.16. The number of aliphatic imine (C=N–C) groups is 1. The van der Waals surface area contributed by atoms with Crippen LogP contribution >= 0.6 is 0 Å². The quantitative estimate of drug-likeness (QED) is 0.601. The normalized spacial score (nSPS) is 18.8. The third-order valence-electron chi connectivity index (χ3n) is 1.90. The standard InChI is InChI=1S/C10H12N2O/c1-4-12-6-5-11-7-10(12)8(2)9(3)13/h4-7H,1H2,2-3H3/b10-8+. The van der Waals surface area contributed by atoms with E-state index in [1.807, 2.05) is 0 Å². The van der Waals surface area contributed by atoms with Gasteiger partial charge in [0, 0.05) is 24.2 Å². The van der Waals surface area contributed by atoms with Crippen molar-refractivity contribution in [2.45, 2.75) is 13.8 Å². The summed E-state index contributed by atoms with van der Waals surface area (Å²) in [4.78, 5) is 16.8. The van der Waals surface area contributed by atoms with Crippen molar-refractivity contribution in [1.82, 2.24) is 4.90 Å². The van der Waals surface area contributed by atoms with Gasteiger partial charge in [0.25, 0.3) is 0 Å². The minimum Gasteiger partial charge on any atom is -0.321 e. The highest BCUT2D eigenvalue weighted by molar-refractivity contribution is 5.99. The Morgan fingerprint density at radius 3 is 2.85 bits per heavy atom. The van der Waals surface area contributed by atoms with Crippen LogP contribution in [0.2, 0.25) is 0 Å². The van der Waals surface area contributed by atoms with Crippen LogP contribution in [0.5, 0.6) is 0 Å². The van der Waals surface area contributed by atoms with E-state index in [2.05, 4.69) is 11.6 Å². The van der Waals surface area contributed by atoms with Crippen molar-refractivity contribution in [3.63, 3.8) is 0 Å².